The third kappa shape index (κ3) is 7.17. The van der Waals surface area contributed by atoms with E-state index in [0.29, 0.717) is 28.8 Å². The molecule has 6 nitrogen and oxygen atoms in total. The monoisotopic (exact) mass is 719 g/mol. The molecule has 0 spiro atoms. The van der Waals surface area contributed by atoms with E-state index in [0.717, 1.165) is 15.6 Å². The van der Waals surface area contributed by atoms with Crippen molar-refractivity contribution >= 4 is 69.9 Å². The van der Waals surface area contributed by atoms with Gasteiger partial charge in [-0.15, -0.1) is 16.9 Å². The number of likely N-dealkylation sites (tertiary alicyclic amines) is 1. The zero-order valence-electron chi connectivity index (χ0n) is 25.6. The smallest absolute Gasteiger partial charge is 0.410 e. The average molecular weight is 720 g/mol. The van der Waals surface area contributed by atoms with E-state index < -0.39 is 37.5 Å². The highest BCUT2D eigenvalue weighted by Crippen LogP contribution is 2.38. The number of rotatable bonds is 3. The first-order valence-corrected chi connectivity index (χ1v) is 19.1. The van der Waals surface area contributed by atoms with E-state index in [1.807, 2.05) is 54.8 Å². The zero-order chi connectivity index (χ0) is 31.0. The van der Waals surface area contributed by atoms with E-state index in [1.54, 1.807) is 33.4 Å². The average Bonchev–Trinajstić information content (AvgIpc) is 3.30. The molecule has 2 amide bonds. The number of halogens is 2. The molecule has 0 bridgehead atoms. The van der Waals surface area contributed by atoms with Crippen molar-refractivity contribution in [1.82, 2.24) is 9.88 Å². The Morgan fingerprint density at radius 1 is 1.19 bits per heavy atom. The molecular formula is C32H39FIN3O3SSi. The molecule has 3 aromatic rings. The highest BCUT2D eigenvalue weighted by molar-refractivity contribution is 14.1. The van der Waals surface area contributed by atoms with Crippen LogP contribution < -0.4 is 4.90 Å². The molecule has 0 unspecified atom stereocenters. The van der Waals surface area contributed by atoms with Crippen LogP contribution >= 0.6 is 33.9 Å². The lowest BCUT2D eigenvalue weighted by molar-refractivity contribution is 0.0196. The van der Waals surface area contributed by atoms with Gasteiger partial charge in [-0.1, -0.05) is 39.8 Å². The Bertz CT molecular complexity index is 1560. The summed E-state index contributed by atoms with van der Waals surface area (Å²) in [7, 11) is -1.92. The van der Waals surface area contributed by atoms with Crippen LogP contribution in [0.15, 0.2) is 35.8 Å². The van der Waals surface area contributed by atoms with Crippen LogP contribution in [0.1, 0.15) is 70.3 Å². The minimum atomic E-state index is -1.92. The summed E-state index contributed by atoms with van der Waals surface area (Å²) in [5, 5.41) is 2.88. The van der Waals surface area contributed by atoms with Gasteiger partial charge in [0.25, 0.3) is 5.91 Å². The van der Waals surface area contributed by atoms with Crippen LogP contribution in [0.2, 0.25) is 18.1 Å². The summed E-state index contributed by atoms with van der Waals surface area (Å²) in [4.78, 5) is 35.3. The fourth-order valence-electron chi connectivity index (χ4n) is 4.54. The number of carbonyl (C=O) groups excluding carboxylic acids is 2. The molecule has 0 N–H and O–H groups in total. The molecule has 4 rings (SSSR count). The first-order valence-electron chi connectivity index (χ1n) is 14.1. The number of thiophene rings is 1. The van der Waals surface area contributed by atoms with E-state index in [2.05, 4.69) is 45.3 Å². The molecule has 0 radical (unpaired) electrons. The molecule has 1 atom stereocenters. The van der Waals surface area contributed by atoms with Crippen molar-refractivity contribution in [3.63, 3.8) is 0 Å². The third-order valence-electron chi connectivity index (χ3n) is 7.87. The van der Waals surface area contributed by atoms with Gasteiger partial charge in [0.1, 0.15) is 25.3 Å². The number of hydrogen-bond donors (Lipinski definition) is 0. The largest absolute Gasteiger partial charge is 0.444 e. The topological polar surface area (TPSA) is 62.7 Å². The van der Waals surface area contributed by atoms with Crippen molar-refractivity contribution in [1.29, 1.82) is 0 Å². The number of amides is 2. The summed E-state index contributed by atoms with van der Waals surface area (Å²) in [6.07, 6.45) is 2.55. The number of pyridine rings is 1. The van der Waals surface area contributed by atoms with Crippen LogP contribution in [0.3, 0.4) is 0 Å². The van der Waals surface area contributed by atoms with Gasteiger partial charge in [0, 0.05) is 38.5 Å². The van der Waals surface area contributed by atoms with Crippen LogP contribution in [0.25, 0.3) is 10.1 Å². The van der Waals surface area contributed by atoms with Gasteiger partial charge in [-0.05, 0) is 85.5 Å². The summed E-state index contributed by atoms with van der Waals surface area (Å²) in [6, 6.07) is 6.08. The summed E-state index contributed by atoms with van der Waals surface area (Å²) in [5.41, 5.74) is 3.72. The number of hydrogen-bond acceptors (Lipinski definition) is 5. The van der Waals surface area contributed by atoms with Crippen LogP contribution in [0, 0.1) is 20.9 Å². The Hall–Kier alpha value is -2.49. The lowest BCUT2D eigenvalue weighted by atomic mass is 10.0. The van der Waals surface area contributed by atoms with E-state index in [9.17, 15) is 9.59 Å². The Balaban J connectivity index is 1.85. The minimum Gasteiger partial charge on any atom is -0.444 e. The maximum Gasteiger partial charge on any atom is 0.410 e. The van der Waals surface area contributed by atoms with Gasteiger partial charge in [0.05, 0.1) is 17.0 Å². The maximum absolute atomic E-state index is 15.3. The second kappa shape index (κ2) is 12.2. The molecule has 2 aromatic heterocycles. The van der Waals surface area contributed by atoms with Crippen LogP contribution in [0.5, 0.6) is 0 Å². The Morgan fingerprint density at radius 2 is 1.90 bits per heavy atom. The number of ether oxygens (including phenoxy) is 1. The Morgan fingerprint density at radius 3 is 2.55 bits per heavy atom. The molecule has 1 saturated heterocycles. The number of fused-ring (bicyclic) bond motifs is 1. The summed E-state index contributed by atoms with van der Waals surface area (Å²) < 4.78 is 22.6. The van der Waals surface area contributed by atoms with E-state index >= 15 is 4.39 Å². The summed E-state index contributed by atoms with van der Waals surface area (Å²) in [5.74, 6) is 2.80. The molecule has 1 fully saturated rings. The van der Waals surface area contributed by atoms with Crippen LogP contribution in [0.4, 0.5) is 15.0 Å². The van der Waals surface area contributed by atoms with Crippen molar-refractivity contribution in [3.05, 3.63) is 56.4 Å². The molecule has 42 heavy (non-hydrogen) atoms. The van der Waals surface area contributed by atoms with Crippen LogP contribution in [-0.2, 0) is 4.74 Å². The highest BCUT2D eigenvalue weighted by Gasteiger charge is 2.37. The number of piperidine rings is 1. The van der Waals surface area contributed by atoms with Gasteiger partial charge in [0.2, 0.25) is 0 Å². The van der Waals surface area contributed by atoms with Gasteiger partial charge in [-0.3, -0.25) is 9.69 Å². The molecule has 0 saturated carbocycles. The second-order valence-corrected chi connectivity index (χ2v) is 20.5. The molecule has 3 heterocycles. The normalized spacial score (nSPS) is 16.1. The molecule has 10 heteroatoms. The SMILES string of the molecule is CC(C)(C)OC(=O)N1CCC[C@@H](N(C(=O)c2ccc(I)cc2F)c2nccc3scc(C#C[Si](C)(C)C(C)(C)C)c23)C1. The third-order valence-corrected chi connectivity index (χ3v) is 14.0. The first kappa shape index (κ1) is 32.4. The van der Waals surface area contributed by atoms with Crippen molar-refractivity contribution in [3.8, 4) is 11.5 Å². The molecule has 1 aromatic carbocycles. The van der Waals surface area contributed by atoms with Gasteiger partial charge >= 0.3 is 6.09 Å². The molecule has 1 aliphatic rings. The van der Waals surface area contributed by atoms with Crippen molar-refractivity contribution in [2.24, 2.45) is 0 Å². The molecule has 224 valence electrons. The minimum absolute atomic E-state index is 0.0345. The standard InChI is InChI=1S/C32H39FIN3O3SSi/c1-31(2,3)40-30(39)36-16-9-10-23(19-36)37(29(38)24-12-11-22(34)18-25(24)33)28-27-21(20-41-26(27)13-15-35-28)14-17-42(7,8)32(4,5)6/h11-13,15,18,20,23H,9-10,16,19H2,1-8H3/t23-/m1/s1. The van der Waals surface area contributed by atoms with Gasteiger partial charge in [-0.2, -0.15) is 0 Å². The number of anilines is 1. The fraction of sp³-hybridized carbons (Fsp3) is 0.469. The lowest BCUT2D eigenvalue weighted by Gasteiger charge is -2.39. The van der Waals surface area contributed by atoms with Crippen LogP contribution in [-0.4, -0.2) is 54.7 Å². The predicted octanol–water partition coefficient (Wildman–Crippen LogP) is 8.49. The van der Waals surface area contributed by atoms with E-state index in [4.69, 9.17) is 9.72 Å². The maximum atomic E-state index is 15.3. The molecular weight excluding hydrogens is 680 g/mol. The number of carbonyl (C=O) groups is 2. The number of nitrogens with zero attached hydrogens (tertiary/aromatic N) is 3. The molecule has 1 aliphatic heterocycles. The highest BCUT2D eigenvalue weighted by atomic mass is 127. The Labute approximate surface area is 267 Å². The second-order valence-electron chi connectivity index (χ2n) is 13.3. The predicted molar refractivity (Wildman–Crippen MR) is 180 cm³/mol. The number of benzene rings is 1. The summed E-state index contributed by atoms with van der Waals surface area (Å²) >= 11 is 3.58. The molecule has 0 aliphatic carbocycles. The van der Waals surface area contributed by atoms with Gasteiger partial charge < -0.3 is 9.64 Å². The fourth-order valence-corrected chi connectivity index (χ4v) is 6.69. The van der Waals surface area contributed by atoms with Crippen molar-refractivity contribution < 1.29 is 18.7 Å². The van der Waals surface area contributed by atoms with Gasteiger partial charge in [-0.25, -0.2) is 14.2 Å². The first-order chi connectivity index (χ1) is 19.5. The summed E-state index contributed by atoms with van der Waals surface area (Å²) in [6.45, 7) is 17.4. The lowest BCUT2D eigenvalue weighted by Crippen LogP contribution is -2.53. The van der Waals surface area contributed by atoms with Gasteiger partial charge in [0.15, 0.2) is 0 Å². The number of aromatic nitrogens is 1. The van der Waals surface area contributed by atoms with E-state index in [-0.39, 0.29) is 17.1 Å². The van der Waals surface area contributed by atoms with Crippen molar-refractivity contribution in [2.75, 3.05) is 18.0 Å². The Kier molecular flexibility index (Phi) is 9.45. The van der Waals surface area contributed by atoms with Crippen molar-refractivity contribution in [2.45, 2.75) is 84.2 Å². The zero-order valence-corrected chi connectivity index (χ0v) is 29.6. The quantitative estimate of drug-likeness (QED) is 0.155. The van der Waals surface area contributed by atoms with E-state index in [1.165, 1.54) is 12.1 Å².